The van der Waals surface area contributed by atoms with Gasteiger partial charge >= 0.3 is 0 Å². The average molecular weight is 240 g/mol. The van der Waals surface area contributed by atoms with Gasteiger partial charge in [0.15, 0.2) is 11.5 Å². The summed E-state index contributed by atoms with van der Waals surface area (Å²) in [6.07, 6.45) is 0. The van der Waals surface area contributed by atoms with Gasteiger partial charge in [-0.3, -0.25) is 4.90 Å². The number of hydrogen-bond donors (Lipinski definition) is 2. The molecule has 0 bridgehead atoms. The Morgan fingerprint density at radius 3 is 2.76 bits per heavy atom. The minimum absolute atomic E-state index is 0.0755. The van der Waals surface area contributed by atoms with E-state index in [9.17, 15) is 9.50 Å². The van der Waals surface area contributed by atoms with Gasteiger partial charge in [-0.25, -0.2) is 0 Å². The highest BCUT2D eigenvalue weighted by molar-refractivity contribution is 5.41. The van der Waals surface area contributed by atoms with E-state index in [1.807, 2.05) is 0 Å². The fraction of sp³-hybridized carbons (Fsp3) is 0.500. The largest absolute Gasteiger partial charge is 0.504 e. The molecule has 5 heteroatoms. The van der Waals surface area contributed by atoms with Crippen molar-refractivity contribution in [1.82, 2.24) is 10.2 Å². The number of hydrogen-bond acceptors (Lipinski definition) is 4. The van der Waals surface area contributed by atoms with Crippen molar-refractivity contribution in [2.45, 2.75) is 6.54 Å². The molecule has 0 amide bonds. The molecule has 0 saturated carbocycles. The number of methoxy groups -OCH3 is 1. The minimum atomic E-state index is -0.680. The molecule has 2 rings (SSSR count). The summed E-state index contributed by atoms with van der Waals surface area (Å²) >= 11 is 0. The van der Waals surface area contributed by atoms with Crippen LogP contribution in [0.4, 0.5) is 4.39 Å². The van der Waals surface area contributed by atoms with Gasteiger partial charge in [0.05, 0.1) is 7.11 Å². The van der Waals surface area contributed by atoms with Crippen LogP contribution >= 0.6 is 0 Å². The normalized spacial score (nSPS) is 17.1. The number of rotatable bonds is 3. The van der Waals surface area contributed by atoms with Crippen LogP contribution in [0, 0.1) is 5.82 Å². The Labute approximate surface area is 100.0 Å². The number of phenols is 1. The van der Waals surface area contributed by atoms with E-state index in [2.05, 4.69) is 10.2 Å². The quantitative estimate of drug-likeness (QED) is 0.825. The van der Waals surface area contributed by atoms with E-state index in [0.717, 1.165) is 26.2 Å². The van der Waals surface area contributed by atoms with Crippen molar-refractivity contribution in [1.29, 1.82) is 0 Å². The number of halogens is 1. The van der Waals surface area contributed by atoms with Gasteiger partial charge in [-0.05, 0) is 6.07 Å². The SMILES string of the molecule is COc1ccc(CN2CCNCC2)c(O)c1F. The van der Waals surface area contributed by atoms with Gasteiger partial charge in [0.25, 0.3) is 0 Å². The first kappa shape index (κ1) is 12.1. The lowest BCUT2D eigenvalue weighted by Crippen LogP contribution is -2.42. The number of benzene rings is 1. The Balaban J connectivity index is 2.12. The maximum Gasteiger partial charge on any atom is 0.206 e. The lowest BCUT2D eigenvalue weighted by atomic mass is 10.1. The van der Waals surface area contributed by atoms with Gasteiger partial charge in [0.2, 0.25) is 5.82 Å². The van der Waals surface area contributed by atoms with E-state index in [0.29, 0.717) is 12.1 Å². The van der Waals surface area contributed by atoms with Crippen LogP contribution in [-0.2, 0) is 6.54 Å². The highest BCUT2D eigenvalue weighted by Crippen LogP contribution is 2.30. The summed E-state index contributed by atoms with van der Waals surface area (Å²) in [4.78, 5) is 2.18. The van der Waals surface area contributed by atoms with E-state index in [4.69, 9.17) is 4.74 Å². The van der Waals surface area contributed by atoms with E-state index >= 15 is 0 Å². The molecule has 4 nitrogen and oxygen atoms in total. The average Bonchev–Trinajstić information content (AvgIpc) is 2.37. The Morgan fingerprint density at radius 2 is 2.12 bits per heavy atom. The standard InChI is InChI=1S/C12H17FN2O2/c1-17-10-3-2-9(12(16)11(10)13)8-15-6-4-14-5-7-15/h2-3,14,16H,4-8H2,1H3. The van der Waals surface area contributed by atoms with Crippen molar-refractivity contribution in [3.8, 4) is 11.5 Å². The maximum absolute atomic E-state index is 13.6. The smallest absolute Gasteiger partial charge is 0.206 e. The fourth-order valence-corrected chi connectivity index (χ4v) is 1.98. The third kappa shape index (κ3) is 2.68. The summed E-state index contributed by atoms with van der Waals surface area (Å²) in [6.45, 7) is 4.24. The lowest BCUT2D eigenvalue weighted by Gasteiger charge is -2.27. The van der Waals surface area contributed by atoms with Crippen LogP contribution in [0.3, 0.4) is 0 Å². The van der Waals surface area contributed by atoms with Crippen molar-refractivity contribution in [2.75, 3.05) is 33.3 Å². The van der Waals surface area contributed by atoms with E-state index in [1.54, 1.807) is 12.1 Å². The first-order valence-corrected chi connectivity index (χ1v) is 5.69. The topological polar surface area (TPSA) is 44.7 Å². The first-order valence-electron chi connectivity index (χ1n) is 5.69. The second kappa shape index (κ2) is 5.33. The molecule has 94 valence electrons. The molecule has 0 aliphatic carbocycles. The van der Waals surface area contributed by atoms with Gasteiger partial charge in [-0.15, -0.1) is 0 Å². The molecule has 0 aromatic heterocycles. The molecule has 1 aliphatic rings. The molecular formula is C12H17FN2O2. The third-order valence-electron chi connectivity index (χ3n) is 2.99. The summed E-state index contributed by atoms with van der Waals surface area (Å²) in [6, 6.07) is 3.26. The van der Waals surface area contributed by atoms with Crippen LogP contribution in [0.1, 0.15) is 5.56 Å². The molecule has 17 heavy (non-hydrogen) atoms. The second-order valence-electron chi connectivity index (χ2n) is 4.12. The number of ether oxygens (including phenoxy) is 1. The molecule has 1 saturated heterocycles. The Morgan fingerprint density at radius 1 is 1.41 bits per heavy atom. The highest BCUT2D eigenvalue weighted by Gasteiger charge is 2.16. The lowest BCUT2D eigenvalue weighted by molar-refractivity contribution is 0.229. The summed E-state index contributed by atoms with van der Waals surface area (Å²) < 4.78 is 18.4. The van der Waals surface area contributed by atoms with Crippen molar-refractivity contribution in [3.05, 3.63) is 23.5 Å². The van der Waals surface area contributed by atoms with Crippen LogP contribution in [0.2, 0.25) is 0 Å². The highest BCUT2D eigenvalue weighted by atomic mass is 19.1. The number of nitrogens with one attached hydrogen (secondary N) is 1. The van der Waals surface area contributed by atoms with Gasteiger partial charge in [-0.2, -0.15) is 4.39 Å². The first-order chi connectivity index (χ1) is 8.22. The number of nitrogens with zero attached hydrogens (tertiary/aromatic N) is 1. The zero-order valence-corrected chi connectivity index (χ0v) is 9.87. The molecule has 1 aromatic rings. The molecule has 0 radical (unpaired) electrons. The predicted molar refractivity (Wildman–Crippen MR) is 62.8 cm³/mol. The van der Waals surface area contributed by atoms with Crippen LogP contribution in [0.5, 0.6) is 11.5 Å². The van der Waals surface area contributed by atoms with Crippen LogP contribution in [0.15, 0.2) is 12.1 Å². The number of piperazine rings is 1. The predicted octanol–water partition coefficient (Wildman–Crippen LogP) is 0.945. The molecule has 2 N–H and O–H groups in total. The van der Waals surface area contributed by atoms with Crippen LogP contribution < -0.4 is 10.1 Å². The zero-order valence-electron chi connectivity index (χ0n) is 9.87. The van der Waals surface area contributed by atoms with E-state index in [1.165, 1.54) is 7.11 Å². The summed E-state index contributed by atoms with van der Waals surface area (Å²) in [5.41, 5.74) is 0.602. The number of phenolic OH excluding ortho intramolecular Hbond substituents is 1. The fourth-order valence-electron chi connectivity index (χ4n) is 1.98. The van der Waals surface area contributed by atoms with E-state index < -0.39 is 5.82 Å². The van der Waals surface area contributed by atoms with E-state index in [-0.39, 0.29) is 11.5 Å². The summed E-state index contributed by atoms with van der Waals surface area (Å²) in [5, 5.41) is 13.0. The second-order valence-corrected chi connectivity index (χ2v) is 4.12. The minimum Gasteiger partial charge on any atom is -0.504 e. The Kier molecular flexibility index (Phi) is 3.81. The molecular weight excluding hydrogens is 223 g/mol. The Bertz CT molecular complexity index is 392. The van der Waals surface area contributed by atoms with Crippen LogP contribution in [0.25, 0.3) is 0 Å². The van der Waals surface area contributed by atoms with Crippen molar-refractivity contribution < 1.29 is 14.2 Å². The molecule has 0 spiro atoms. The monoisotopic (exact) mass is 240 g/mol. The number of aromatic hydroxyl groups is 1. The molecule has 1 aliphatic heterocycles. The molecule has 1 fully saturated rings. The summed E-state index contributed by atoms with van der Waals surface area (Å²) in [7, 11) is 1.38. The third-order valence-corrected chi connectivity index (χ3v) is 2.99. The van der Waals surface area contributed by atoms with Gasteiger partial charge in [0, 0.05) is 38.3 Å². The molecule has 1 aromatic carbocycles. The zero-order chi connectivity index (χ0) is 12.3. The van der Waals surface area contributed by atoms with Crippen molar-refractivity contribution in [2.24, 2.45) is 0 Å². The molecule has 0 unspecified atom stereocenters. The Hall–Kier alpha value is -1.33. The van der Waals surface area contributed by atoms with Crippen molar-refractivity contribution >= 4 is 0 Å². The van der Waals surface area contributed by atoms with Gasteiger partial charge < -0.3 is 15.2 Å². The molecule has 1 heterocycles. The van der Waals surface area contributed by atoms with Crippen LogP contribution in [-0.4, -0.2) is 43.3 Å². The molecule has 0 atom stereocenters. The maximum atomic E-state index is 13.6. The summed E-state index contributed by atoms with van der Waals surface area (Å²) in [5.74, 6) is -0.908. The van der Waals surface area contributed by atoms with Gasteiger partial charge in [-0.1, -0.05) is 6.07 Å². The van der Waals surface area contributed by atoms with Gasteiger partial charge in [0.1, 0.15) is 0 Å². The van der Waals surface area contributed by atoms with Crippen molar-refractivity contribution in [3.63, 3.8) is 0 Å².